The second-order valence-corrected chi connectivity index (χ2v) is 4.07. The van der Waals surface area contributed by atoms with Crippen LogP contribution in [0.4, 0.5) is 5.69 Å². The highest BCUT2D eigenvalue weighted by atomic mass is 79.9. The van der Waals surface area contributed by atoms with Gasteiger partial charge in [-0.2, -0.15) is 0 Å². The minimum Gasteiger partial charge on any atom is -0.467 e. The third kappa shape index (κ3) is 1.63. The first-order chi connectivity index (χ1) is 7.13. The molecule has 0 amide bonds. The van der Waals surface area contributed by atoms with Crippen molar-refractivity contribution in [3.8, 4) is 0 Å². The lowest BCUT2D eigenvalue weighted by Gasteiger charge is -2.06. The quantitative estimate of drug-likeness (QED) is 0.622. The number of benzene rings is 1. The van der Waals surface area contributed by atoms with Gasteiger partial charge >= 0.3 is 5.97 Å². The number of ketones is 1. The van der Waals surface area contributed by atoms with E-state index in [1.165, 1.54) is 7.11 Å². The fraction of sp³-hybridized carbons (Fsp3) is 0.200. The number of hydrogen-bond acceptors (Lipinski definition) is 4. The number of rotatable bonds is 1. The van der Waals surface area contributed by atoms with Crippen LogP contribution in [0.1, 0.15) is 10.4 Å². The maximum atomic E-state index is 11.7. The number of carbonyl (C=O) groups is 2. The molecule has 15 heavy (non-hydrogen) atoms. The fourth-order valence-corrected chi connectivity index (χ4v) is 1.87. The summed E-state index contributed by atoms with van der Waals surface area (Å²) in [6.07, 6.45) is 0. The summed E-state index contributed by atoms with van der Waals surface area (Å²) in [7, 11) is 1.26. The van der Waals surface area contributed by atoms with Crippen molar-refractivity contribution in [2.75, 3.05) is 12.4 Å². The molecule has 0 fully saturated rings. The number of carbonyl (C=O) groups excluding carboxylic acids is 2. The zero-order valence-corrected chi connectivity index (χ0v) is 9.50. The van der Waals surface area contributed by atoms with Gasteiger partial charge in [-0.3, -0.25) is 4.79 Å². The molecule has 1 aromatic carbocycles. The molecule has 2 rings (SSSR count). The van der Waals surface area contributed by atoms with E-state index in [1.54, 1.807) is 18.2 Å². The molecule has 0 aliphatic carbocycles. The van der Waals surface area contributed by atoms with Gasteiger partial charge in [-0.15, -0.1) is 0 Å². The van der Waals surface area contributed by atoms with Gasteiger partial charge in [0.05, 0.1) is 7.11 Å². The molecule has 5 heteroatoms. The van der Waals surface area contributed by atoms with E-state index in [0.29, 0.717) is 11.3 Å². The highest BCUT2D eigenvalue weighted by Gasteiger charge is 2.36. The van der Waals surface area contributed by atoms with Crippen molar-refractivity contribution in [1.82, 2.24) is 0 Å². The van der Waals surface area contributed by atoms with Crippen molar-refractivity contribution in [2.45, 2.75) is 6.04 Å². The Hall–Kier alpha value is -1.36. The molecule has 1 aromatic rings. The van der Waals surface area contributed by atoms with Crippen molar-refractivity contribution < 1.29 is 14.3 Å². The lowest BCUT2D eigenvalue weighted by atomic mass is 10.1. The molecule has 78 valence electrons. The van der Waals surface area contributed by atoms with E-state index in [9.17, 15) is 9.59 Å². The average molecular weight is 270 g/mol. The summed E-state index contributed by atoms with van der Waals surface area (Å²) in [6, 6.07) is 4.30. The van der Waals surface area contributed by atoms with Crippen LogP contribution in [-0.2, 0) is 9.53 Å². The molecule has 1 heterocycles. The Morgan fingerprint density at radius 1 is 1.53 bits per heavy atom. The predicted molar refractivity (Wildman–Crippen MR) is 57.9 cm³/mol. The molecule has 4 nitrogen and oxygen atoms in total. The molecular formula is C10H8BrNO3. The number of Topliss-reactive ketones (excluding diaryl/α,β-unsaturated/α-hetero) is 1. The lowest BCUT2D eigenvalue weighted by Crippen LogP contribution is -2.33. The van der Waals surface area contributed by atoms with Crippen LogP contribution in [0.25, 0.3) is 0 Å². The van der Waals surface area contributed by atoms with Gasteiger partial charge in [0.2, 0.25) is 0 Å². The number of ether oxygens (including phenoxy) is 1. The Balaban J connectivity index is 2.37. The smallest absolute Gasteiger partial charge is 0.336 e. The maximum absolute atomic E-state index is 11.7. The van der Waals surface area contributed by atoms with E-state index >= 15 is 0 Å². The molecule has 1 N–H and O–H groups in total. The molecule has 0 aromatic heterocycles. The van der Waals surface area contributed by atoms with Gasteiger partial charge in [0.25, 0.3) is 0 Å². The molecule has 0 radical (unpaired) electrons. The predicted octanol–water partition coefficient (Wildman–Crippen LogP) is 1.60. The van der Waals surface area contributed by atoms with Crippen LogP contribution >= 0.6 is 15.9 Å². The van der Waals surface area contributed by atoms with Crippen LogP contribution in [0.5, 0.6) is 0 Å². The van der Waals surface area contributed by atoms with E-state index in [2.05, 4.69) is 26.0 Å². The number of fused-ring (bicyclic) bond motifs is 1. The minimum atomic E-state index is -0.903. The molecule has 1 aliphatic rings. The van der Waals surface area contributed by atoms with E-state index in [1.807, 2.05) is 0 Å². The second-order valence-electron chi connectivity index (χ2n) is 3.15. The Morgan fingerprint density at radius 3 is 2.93 bits per heavy atom. The summed E-state index contributed by atoms with van der Waals surface area (Å²) in [5.74, 6) is -0.809. The van der Waals surface area contributed by atoms with Crippen molar-refractivity contribution in [3.05, 3.63) is 28.2 Å². The molecule has 0 saturated heterocycles. The maximum Gasteiger partial charge on any atom is 0.336 e. The zero-order chi connectivity index (χ0) is 11.0. The zero-order valence-electron chi connectivity index (χ0n) is 7.91. The summed E-state index contributed by atoms with van der Waals surface area (Å²) >= 11 is 3.29. The van der Waals surface area contributed by atoms with Crippen LogP contribution in [-0.4, -0.2) is 24.9 Å². The molecular weight excluding hydrogens is 262 g/mol. The van der Waals surface area contributed by atoms with Gasteiger partial charge in [-0.1, -0.05) is 15.9 Å². The van der Waals surface area contributed by atoms with Gasteiger partial charge in [-0.25, -0.2) is 4.79 Å². The number of halogens is 1. The van der Waals surface area contributed by atoms with Crippen molar-refractivity contribution in [3.63, 3.8) is 0 Å². The highest BCUT2D eigenvalue weighted by Crippen LogP contribution is 2.29. The van der Waals surface area contributed by atoms with Crippen molar-refractivity contribution in [1.29, 1.82) is 0 Å². The standard InChI is InChI=1S/C10H8BrNO3/c1-15-10(14)8-9(13)6-3-2-5(11)4-7(6)12-8/h2-4,8,12H,1H3. The molecule has 1 unspecified atom stereocenters. The number of methoxy groups -OCH3 is 1. The summed E-state index contributed by atoms with van der Waals surface area (Å²) in [4.78, 5) is 23.0. The van der Waals surface area contributed by atoms with Gasteiger partial charge in [0.1, 0.15) is 0 Å². The Morgan fingerprint density at radius 2 is 2.27 bits per heavy atom. The summed E-state index contributed by atoms with van der Waals surface area (Å²) in [5, 5.41) is 2.82. The Bertz CT molecular complexity index is 444. The number of esters is 1. The first-order valence-corrected chi connectivity index (χ1v) is 5.11. The molecule has 1 aliphatic heterocycles. The van der Waals surface area contributed by atoms with Crippen LogP contribution < -0.4 is 5.32 Å². The summed E-state index contributed by atoms with van der Waals surface area (Å²) < 4.78 is 5.39. The van der Waals surface area contributed by atoms with E-state index in [-0.39, 0.29) is 5.78 Å². The SMILES string of the molecule is COC(=O)C1Nc2cc(Br)ccc2C1=O. The normalized spacial score (nSPS) is 18.3. The summed E-state index contributed by atoms with van der Waals surface area (Å²) in [6.45, 7) is 0. The topological polar surface area (TPSA) is 55.4 Å². The largest absolute Gasteiger partial charge is 0.467 e. The lowest BCUT2D eigenvalue weighted by molar-refractivity contribution is -0.140. The highest BCUT2D eigenvalue weighted by molar-refractivity contribution is 9.10. The third-order valence-corrected chi connectivity index (χ3v) is 2.74. The number of anilines is 1. The van der Waals surface area contributed by atoms with Crippen LogP contribution in [0.2, 0.25) is 0 Å². The van der Waals surface area contributed by atoms with Crippen LogP contribution in [0.3, 0.4) is 0 Å². The first kappa shape index (κ1) is 10.2. The number of nitrogens with one attached hydrogen (secondary N) is 1. The average Bonchev–Trinajstić information content (AvgIpc) is 2.54. The van der Waals surface area contributed by atoms with Crippen LogP contribution in [0.15, 0.2) is 22.7 Å². The van der Waals surface area contributed by atoms with Crippen molar-refractivity contribution in [2.24, 2.45) is 0 Å². The third-order valence-electron chi connectivity index (χ3n) is 2.25. The Kier molecular flexibility index (Phi) is 2.48. The van der Waals surface area contributed by atoms with E-state index in [0.717, 1.165) is 4.47 Å². The van der Waals surface area contributed by atoms with Gasteiger partial charge < -0.3 is 10.1 Å². The number of hydrogen-bond donors (Lipinski definition) is 1. The molecule has 1 atom stereocenters. The van der Waals surface area contributed by atoms with Gasteiger partial charge in [0, 0.05) is 15.7 Å². The van der Waals surface area contributed by atoms with Crippen molar-refractivity contribution >= 4 is 33.4 Å². The van der Waals surface area contributed by atoms with E-state index in [4.69, 9.17) is 0 Å². The molecule has 0 spiro atoms. The fourth-order valence-electron chi connectivity index (χ4n) is 1.51. The van der Waals surface area contributed by atoms with Crippen LogP contribution in [0, 0.1) is 0 Å². The first-order valence-electron chi connectivity index (χ1n) is 4.31. The summed E-state index contributed by atoms with van der Waals surface area (Å²) in [5.41, 5.74) is 1.18. The minimum absolute atomic E-state index is 0.246. The molecule has 0 saturated carbocycles. The van der Waals surface area contributed by atoms with Gasteiger partial charge in [0.15, 0.2) is 11.8 Å². The van der Waals surface area contributed by atoms with E-state index < -0.39 is 12.0 Å². The van der Waals surface area contributed by atoms with Gasteiger partial charge in [-0.05, 0) is 18.2 Å². The molecule has 0 bridgehead atoms. The monoisotopic (exact) mass is 269 g/mol. The second kappa shape index (κ2) is 3.66. The Labute approximate surface area is 94.7 Å².